The van der Waals surface area contributed by atoms with Gasteiger partial charge in [-0.05, 0) is 49.1 Å². The molecule has 0 N–H and O–H groups in total. The van der Waals surface area contributed by atoms with Crippen molar-refractivity contribution in [2.45, 2.75) is 45.8 Å². The molecule has 0 saturated heterocycles. The molecule has 0 unspecified atom stereocenters. The van der Waals surface area contributed by atoms with Crippen LogP contribution in [0.5, 0.6) is 0 Å². The van der Waals surface area contributed by atoms with Crippen LogP contribution in [0, 0.1) is 6.92 Å². The topological polar surface area (TPSA) is 29.5 Å². The summed E-state index contributed by atoms with van der Waals surface area (Å²) in [5, 5.41) is 0. The Kier molecular flexibility index (Phi) is 8.44. The fourth-order valence-corrected chi connectivity index (χ4v) is 4.25. The number of esters is 1. The second-order valence-electron chi connectivity index (χ2n) is 7.78. The standard InChI is InChI=1S/C27H30BrNO2/c1-4-31-27(30)18-26(24-16-15-20(2)25(28)17-24)29(19-22-11-7-5-8-12-22)21(3)23-13-9-6-10-14-23/h5-17,21,26H,4,18-19H2,1-3H3/t21-,26+/m1/s1. The van der Waals surface area contributed by atoms with Crippen molar-refractivity contribution in [3.05, 3.63) is 106 Å². The highest BCUT2D eigenvalue weighted by Gasteiger charge is 2.29. The molecule has 0 spiro atoms. The number of rotatable bonds is 9. The fourth-order valence-electron chi connectivity index (χ4n) is 3.86. The van der Waals surface area contributed by atoms with Crippen LogP contribution in [0.3, 0.4) is 0 Å². The molecule has 162 valence electrons. The summed E-state index contributed by atoms with van der Waals surface area (Å²) in [6.45, 7) is 7.24. The first-order valence-electron chi connectivity index (χ1n) is 10.8. The maximum Gasteiger partial charge on any atom is 0.307 e. The highest BCUT2D eigenvalue weighted by molar-refractivity contribution is 9.10. The van der Waals surface area contributed by atoms with Crippen molar-refractivity contribution in [2.24, 2.45) is 0 Å². The van der Waals surface area contributed by atoms with E-state index in [0.717, 1.165) is 16.6 Å². The molecule has 0 bridgehead atoms. The van der Waals surface area contributed by atoms with Crippen molar-refractivity contribution in [3.8, 4) is 0 Å². The van der Waals surface area contributed by atoms with E-state index in [0.29, 0.717) is 13.0 Å². The Hall–Kier alpha value is -2.43. The van der Waals surface area contributed by atoms with Crippen LogP contribution in [-0.4, -0.2) is 17.5 Å². The number of halogens is 1. The second kappa shape index (κ2) is 11.3. The Morgan fingerprint density at radius 3 is 2.23 bits per heavy atom. The van der Waals surface area contributed by atoms with E-state index in [1.54, 1.807) is 0 Å². The molecule has 0 fully saturated rings. The number of nitrogens with zero attached hydrogens (tertiary/aromatic N) is 1. The minimum Gasteiger partial charge on any atom is -0.466 e. The number of ether oxygens (including phenoxy) is 1. The van der Waals surface area contributed by atoms with Crippen molar-refractivity contribution in [1.82, 2.24) is 4.90 Å². The lowest BCUT2D eigenvalue weighted by Gasteiger charge is -2.37. The first kappa shape index (κ1) is 23.2. The van der Waals surface area contributed by atoms with Crippen molar-refractivity contribution in [2.75, 3.05) is 6.61 Å². The van der Waals surface area contributed by atoms with Crippen molar-refractivity contribution in [1.29, 1.82) is 0 Å². The maximum atomic E-state index is 12.6. The van der Waals surface area contributed by atoms with Crippen LogP contribution in [0.4, 0.5) is 0 Å². The molecule has 0 aliphatic rings. The Labute approximate surface area is 194 Å². The molecule has 3 nitrogen and oxygen atoms in total. The van der Waals surface area contributed by atoms with E-state index < -0.39 is 0 Å². The number of hydrogen-bond acceptors (Lipinski definition) is 3. The largest absolute Gasteiger partial charge is 0.466 e. The summed E-state index contributed by atoms with van der Waals surface area (Å²) in [6, 6.07) is 27.2. The molecule has 3 aromatic rings. The zero-order chi connectivity index (χ0) is 22.2. The molecule has 2 atom stereocenters. The monoisotopic (exact) mass is 479 g/mol. The summed E-state index contributed by atoms with van der Waals surface area (Å²) in [6.07, 6.45) is 0.299. The highest BCUT2D eigenvalue weighted by Crippen LogP contribution is 2.36. The molecule has 0 saturated carbocycles. The van der Waals surface area contributed by atoms with Gasteiger partial charge in [0.2, 0.25) is 0 Å². The van der Waals surface area contributed by atoms with Gasteiger partial charge in [0, 0.05) is 23.1 Å². The molecule has 0 radical (unpaired) electrons. The average molecular weight is 480 g/mol. The summed E-state index contributed by atoms with van der Waals surface area (Å²) < 4.78 is 6.40. The van der Waals surface area contributed by atoms with E-state index in [4.69, 9.17) is 4.74 Å². The van der Waals surface area contributed by atoms with Gasteiger partial charge in [-0.25, -0.2) is 0 Å². The van der Waals surface area contributed by atoms with Crippen LogP contribution >= 0.6 is 15.9 Å². The molecule has 0 aliphatic heterocycles. The van der Waals surface area contributed by atoms with Crippen LogP contribution in [0.2, 0.25) is 0 Å². The maximum absolute atomic E-state index is 12.6. The van der Waals surface area contributed by atoms with Crippen LogP contribution in [0.25, 0.3) is 0 Å². The van der Waals surface area contributed by atoms with Gasteiger partial charge in [0.1, 0.15) is 0 Å². The number of benzene rings is 3. The third-order valence-corrected chi connectivity index (χ3v) is 6.49. The van der Waals surface area contributed by atoms with Crippen molar-refractivity contribution < 1.29 is 9.53 Å². The summed E-state index contributed by atoms with van der Waals surface area (Å²) in [4.78, 5) is 15.0. The van der Waals surface area contributed by atoms with Gasteiger partial charge < -0.3 is 4.74 Å². The average Bonchev–Trinajstić information content (AvgIpc) is 2.79. The lowest BCUT2D eigenvalue weighted by molar-refractivity contribution is -0.145. The predicted molar refractivity (Wildman–Crippen MR) is 130 cm³/mol. The molecule has 0 amide bonds. The summed E-state index contributed by atoms with van der Waals surface area (Å²) >= 11 is 3.67. The first-order valence-corrected chi connectivity index (χ1v) is 11.5. The normalized spacial score (nSPS) is 13.1. The van der Waals surface area contributed by atoms with Gasteiger partial charge in [0.05, 0.1) is 13.0 Å². The summed E-state index contributed by atoms with van der Waals surface area (Å²) in [7, 11) is 0. The molecule has 3 aromatic carbocycles. The molecule has 31 heavy (non-hydrogen) atoms. The molecular weight excluding hydrogens is 450 g/mol. The zero-order valence-corrected chi connectivity index (χ0v) is 20.0. The van der Waals surface area contributed by atoms with Gasteiger partial charge in [0.25, 0.3) is 0 Å². The van der Waals surface area contributed by atoms with Gasteiger partial charge in [-0.1, -0.05) is 88.7 Å². The van der Waals surface area contributed by atoms with Gasteiger partial charge in [-0.2, -0.15) is 0 Å². The van der Waals surface area contributed by atoms with E-state index in [1.807, 2.05) is 19.1 Å². The van der Waals surface area contributed by atoms with Crippen LogP contribution in [0.1, 0.15) is 54.6 Å². The number of carbonyl (C=O) groups excluding carboxylic acids is 1. The summed E-state index contributed by atoms with van der Waals surface area (Å²) in [5.41, 5.74) is 4.71. The van der Waals surface area contributed by atoms with Crippen molar-refractivity contribution in [3.63, 3.8) is 0 Å². The van der Waals surface area contributed by atoms with Gasteiger partial charge in [-0.3, -0.25) is 9.69 Å². The molecule has 3 rings (SSSR count). The Bertz CT molecular complexity index is 975. The third kappa shape index (κ3) is 6.28. The summed E-state index contributed by atoms with van der Waals surface area (Å²) in [5.74, 6) is -0.178. The van der Waals surface area contributed by atoms with E-state index in [1.165, 1.54) is 16.7 Å². The molecule has 4 heteroatoms. The third-order valence-electron chi connectivity index (χ3n) is 5.63. The SMILES string of the molecule is CCOC(=O)C[C@@H](c1ccc(C)c(Br)c1)N(Cc1ccccc1)[C@H](C)c1ccccc1. The Balaban J connectivity index is 2.05. The lowest BCUT2D eigenvalue weighted by atomic mass is 9.96. The minimum atomic E-state index is -0.178. The Morgan fingerprint density at radius 1 is 0.968 bits per heavy atom. The second-order valence-corrected chi connectivity index (χ2v) is 8.63. The van der Waals surface area contributed by atoms with E-state index in [2.05, 4.69) is 101 Å². The fraction of sp³-hybridized carbons (Fsp3) is 0.296. The van der Waals surface area contributed by atoms with Crippen LogP contribution < -0.4 is 0 Å². The van der Waals surface area contributed by atoms with Crippen LogP contribution in [0.15, 0.2) is 83.3 Å². The van der Waals surface area contributed by atoms with Gasteiger partial charge >= 0.3 is 5.97 Å². The van der Waals surface area contributed by atoms with Gasteiger partial charge in [0.15, 0.2) is 0 Å². The van der Waals surface area contributed by atoms with E-state index in [-0.39, 0.29) is 18.1 Å². The molecular formula is C27H30BrNO2. The number of aryl methyl sites for hydroxylation is 1. The smallest absolute Gasteiger partial charge is 0.307 e. The quantitative estimate of drug-likeness (QED) is 0.309. The lowest BCUT2D eigenvalue weighted by Crippen LogP contribution is -2.33. The van der Waals surface area contributed by atoms with E-state index in [9.17, 15) is 4.79 Å². The number of hydrogen-bond donors (Lipinski definition) is 0. The van der Waals surface area contributed by atoms with Crippen molar-refractivity contribution >= 4 is 21.9 Å². The molecule has 0 aromatic heterocycles. The van der Waals surface area contributed by atoms with Crippen LogP contribution in [-0.2, 0) is 16.1 Å². The minimum absolute atomic E-state index is 0.112. The predicted octanol–water partition coefficient (Wildman–Crippen LogP) is 7.02. The Morgan fingerprint density at radius 2 is 1.61 bits per heavy atom. The molecule has 0 heterocycles. The van der Waals surface area contributed by atoms with E-state index >= 15 is 0 Å². The van der Waals surface area contributed by atoms with Gasteiger partial charge in [-0.15, -0.1) is 0 Å². The molecule has 0 aliphatic carbocycles. The first-order chi connectivity index (χ1) is 15.0. The highest BCUT2D eigenvalue weighted by atomic mass is 79.9. The number of carbonyl (C=O) groups is 1. The zero-order valence-electron chi connectivity index (χ0n) is 18.4.